The Labute approximate surface area is 117 Å². The smallest absolute Gasteiger partial charge is 0.316 e. The van der Waals surface area contributed by atoms with Crippen molar-refractivity contribution in [3.63, 3.8) is 0 Å². The highest BCUT2D eigenvalue weighted by Gasteiger charge is 2.00. The van der Waals surface area contributed by atoms with Crippen molar-refractivity contribution in [3.05, 3.63) is 60.7 Å². The molecule has 20 heavy (non-hydrogen) atoms. The number of hydrogen-bond donors (Lipinski definition) is 4. The minimum atomic E-state index is -4.64. The first-order valence-electron chi connectivity index (χ1n) is 5.60. The van der Waals surface area contributed by atoms with E-state index < -0.39 is 7.82 Å². The average Bonchev–Trinajstić information content (AvgIpc) is 2.41. The molecule has 0 radical (unpaired) electrons. The largest absolute Gasteiger partial charge is 0.466 e. The fourth-order valence-electron chi connectivity index (χ4n) is 1.05. The maximum atomic E-state index is 8.88. The highest BCUT2D eigenvalue weighted by Crippen LogP contribution is 2.25. The Morgan fingerprint density at radius 1 is 1.00 bits per heavy atom. The van der Waals surface area contributed by atoms with Gasteiger partial charge in [-0.15, -0.1) is 0 Å². The highest BCUT2D eigenvalue weighted by atomic mass is 31.2. The monoisotopic (exact) mass is 299 g/mol. The third-order valence-electron chi connectivity index (χ3n) is 1.70. The molecular weight excluding hydrogens is 281 g/mol. The van der Waals surface area contributed by atoms with Gasteiger partial charge in [0.15, 0.2) is 0 Å². The van der Waals surface area contributed by atoms with Gasteiger partial charge in [0.1, 0.15) is 0 Å². The van der Waals surface area contributed by atoms with Crippen LogP contribution in [0.15, 0.2) is 55.1 Å². The predicted molar refractivity (Wildman–Crippen MR) is 75.5 cm³/mol. The van der Waals surface area contributed by atoms with E-state index in [0.717, 1.165) is 6.54 Å². The lowest BCUT2D eigenvalue weighted by atomic mass is 10.2. The normalized spacial score (nSPS) is 9.60. The number of nitrogens with zero attached hydrogens (tertiary/aromatic N) is 2. The Balaban J connectivity index is 0.000000288. The van der Waals surface area contributed by atoms with Crippen LogP contribution in [-0.4, -0.2) is 31.7 Å². The molecule has 0 bridgehead atoms. The van der Waals surface area contributed by atoms with E-state index in [1.54, 1.807) is 24.8 Å². The summed E-state index contributed by atoms with van der Waals surface area (Å²) in [5.74, 6) is 0. The number of rotatable bonds is 2. The molecular formula is C12H18N3O4P. The SMILES string of the molecule is CNCc1ccccc1.O=P(O)(O)O.c1cnccn1. The van der Waals surface area contributed by atoms with Gasteiger partial charge in [-0.05, 0) is 12.6 Å². The topological polar surface area (TPSA) is 116 Å². The van der Waals surface area contributed by atoms with Crippen LogP contribution in [0.2, 0.25) is 0 Å². The quantitative estimate of drug-likeness (QED) is 0.610. The summed E-state index contributed by atoms with van der Waals surface area (Å²) in [6.45, 7) is 0.959. The molecule has 0 saturated carbocycles. The third kappa shape index (κ3) is 16.4. The van der Waals surface area contributed by atoms with Crippen molar-refractivity contribution >= 4 is 7.82 Å². The first kappa shape index (κ1) is 18.4. The fourth-order valence-corrected chi connectivity index (χ4v) is 1.05. The van der Waals surface area contributed by atoms with Crippen LogP contribution in [0.4, 0.5) is 0 Å². The molecule has 0 spiro atoms. The van der Waals surface area contributed by atoms with Crippen molar-refractivity contribution in [2.75, 3.05) is 7.05 Å². The van der Waals surface area contributed by atoms with Gasteiger partial charge in [0.25, 0.3) is 0 Å². The first-order valence-corrected chi connectivity index (χ1v) is 7.16. The van der Waals surface area contributed by atoms with E-state index in [9.17, 15) is 0 Å². The molecule has 4 N–H and O–H groups in total. The lowest BCUT2D eigenvalue weighted by molar-refractivity contribution is 0.275. The molecule has 2 aromatic rings. The molecule has 110 valence electrons. The van der Waals surface area contributed by atoms with Gasteiger partial charge >= 0.3 is 7.82 Å². The molecule has 0 amide bonds. The summed E-state index contributed by atoms with van der Waals surface area (Å²) in [7, 11) is -2.69. The van der Waals surface area contributed by atoms with Crippen molar-refractivity contribution in [2.24, 2.45) is 0 Å². The van der Waals surface area contributed by atoms with Crippen LogP contribution in [-0.2, 0) is 11.1 Å². The molecule has 1 heterocycles. The summed E-state index contributed by atoms with van der Waals surface area (Å²) in [6.07, 6.45) is 6.56. The lowest BCUT2D eigenvalue weighted by Crippen LogP contribution is -2.04. The molecule has 0 aliphatic heterocycles. The van der Waals surface area contributed by atoms with Gasteiger partial charge in [0, 0.05) is 31.3 Å². The molecule has 7 nitrogen and oxygen atoms in total. The van der Waals surface area contributed by atoms with Gasteiger partial charge < -0.3 is 20.0 Å². The van der Waals surface area contributed by atoms with Crippen molar-refractivity contribution in [1.82, 2.24) is 15.3 Å². The maximum absolute atomic E-state index is 8.88. The van der Waals surface area contributed by atoms with Gasteiger partial charge in [-0.1, -0.05) is 30.3 Å². The van der Waals surface area contributed by atoms with Crippen molar-refractivity contribution in [2.45, 2.75) is 6.54 Å². The Kier molecular flexibility index (Phi) is 10.3. The predicted octanol–water partition coefficient (Wildman–Crippen LogP) is 0.954. The van der Waals surface area contributed by atoms with E-state index in [4.69, 9.17) is 19.2 Å². The molecule has 0 saturated heterocycles. The van der Waals surface area contributed by atoms with Crippen molar-refractivity contribution in [1.29, 1.82) is 0 Å². The zero-order chi connectivity index (χ0) is 15.3. The standard InChI is InChI=1S/C8H11N.C4H4N2.H3O4P/c1-9-7-8-5-3-2-4-6-8;1-2-6-4-3-5-1;1-5(2,3)4/h2-6,9H,7H2,1H3;1-4H;(H3,1,2,3,4). The fraction of sp³-hybridized carbons (Fsp3) is 0.167. The van der Waals surface area contributed by atoms with Crippen molar-refractivity contribution in [3.8, 4) is 0 Å². The van der Waals surface area contributed by atoms with Gasteiger partial charge in [-0.2, -0.15) is 0 Å². The van der Waals surface area contributed by atoms with Crippen molar-refractivity contribution < 1.29 is 19.2 Å². The molecule has 0 fully saturated rings. The number of nitrogens with one attached hydrogen (secondary N) is 1. The second-order valence-corrected chi connectivity index (χ2v) is 4.45. The Morgan fingerprint density at radius 2 is 1.40 bits per heavy atom. The molecule has 1 aromatic carbocycles. The van der Waals surface area contributed by atoms with E-state index >= 15 is 0 Å². The van der Waals surface area contributed by atoms with Gasteiger partial charge in [-0.25, -0.2) is 4.57 Å². The molecule has 0 aliphatic rings. The lowest BCUT2D eigenvalue weighted by Gasteiger charge is -1.95. The van der Waals surface area contributed by atoms with E-state index in [2.05, 4.69) is 27.4 Å². The second-order valence-electron chi connectivity index (χ2n) is 3.42. The molecule has 0 aliphatic carbocycles. The molecule has 1 aromatic heterocycles. The summed E-state index contributed by atoms with van der Waals surface area (Å²) < 4.78 is 8.88. The zero-order valence-electron chi connectivity index (χ0n) is 11.0. The van der Waals surface area contributed by atoms with Crippen LogP contribution in [0.5, 0.6) is 0 Å². The van der Waals surface area contributed by atoms with Crippen LogP contribution < -0.4 is 5.32 Å². The first-order chi connectivity index (χ1) is 9.43. The number of benzene rings is 1. The summed E-state index contributed by atoms with van der Waals surface area (Å²) in [5, 5.41) is 3.08. The van der Waals surface area contributed by atoms with Crippen LogP contribution in [0.3, 0.4) is 0 Å². The molecule has 0 atom stereocenters. The molecule has 8 heteroatoms. The van der Waals surface area contributed by atoms with Gasteiger partial charge in [-0.3, -0.25) is 9.97 Å². The van der Waals surface area contributed by atoms with Crippen LogP contribution in [0.25, 0.3) is 0 Å². The minimum absolute atomic E-state index is 0.959. The summed E-state index contributed by atoms with van der Waals surface area (Å²) in [4.78, 5) is 29.0. The van der Waals surface area contributed by atoms with Crippen LogP contribution in [0, 0.1) is 0 Å². The Bertz CT molecular complexity index is 444. The van der Waals surface area contributed by atoms with Crippen LogP contribution >= 0.6 is 7.82 Å². The van der Waals surface area contributed by atoms with E-state index in [-0.39, 0.29) is 0 Å². The highest BCUT2D eigenvalue weighted by molar-refractivity contribution is 7.45. The van der Waals surface area contributed by atoms with Gasteiger partial charge in [0.2, 0.25) is 0 Å². The van der Waals surface area contributed by atoms with E-state index in [1.165, 1.54) is 5.56 Å². The Morgan fingerprint density at radius 3 is 1.70 bits per heavy atom. The van der Waals surface area contributed by atoms with E-state index in [1.807, 2.05) is 25.2 Å². The van der Waals surface area contributed by atoms with E-state index in [0.29, 0.717) is 0 Å². The summed E-state index contributed by atoms with van der Waals surface area (Å²) in [6, 6.07) is 10.3. The second kappa shape index (κ2) is 11.2. The Hall–Kier alpha value is -1.63. The number of hydrogen-bond acceptors (Lipinski definition) is 4. The molecule has 2 rings (SSSR count). The minimum Gasteiger partial charge on any atom is -0.316 e. The zero-order valence-corrected chi connectivity index (χ0v) is 11.9. The summed E-state index contributed by atoms with van der Waals surface area (Å²) >= 11 is 0. The average molecular weight is 299 g/mol. The van der Waals surface area contributed by atoms with Crippen LogP contribution in [0.1, 0.15) is 5.56 Å². The number of phosphoric acid groups is 1. The number of aromatic nitrogens is 2. The van der Waals surface area contributed by atoms with Gasteiger partial charge in [0.05, 0.1) is 0 Å². The summed E-state index contributed by atoms with van der Waals surface area (Å²) in [5.41, 5.74) is 1.33. The maximum Gasteiger partial charge on any atom is 0.466 e. The molecule has 0 unspecified atom stereocenters. The third-order valence-corrected chi connectivity index (χ3v) is 1.70.